The molecule has 0 radical (unpaired) electrons. The number of halogens is 1. The summed E-state index contributed by atoms with van der Waals surface area (Å²) >= 11 is 5.09. The summed E-state index contributed by atoms with van der Waals surface area (Å²) in [6, 6.07) is 8.97. The molecule has 1 aromatic heterocycles. The third-order valence-corrected chi connectivity index (χ3v) is 3.50. The number of pyridine rings is 1. The van der Waals surface area contributed by atoms with E-state index in [4.69, 9.17) is 17.0 Å². The van der Waals surface area contributed by atoms with E-state index in [2.05, 4.69) is 10.3 Å². The van der Waals surface area contributed by atoms with Crippen LogP contribution in [-0.4, -0.2) is 10.2 Å². The fourth-order valence-corrected chi connectivity index (χ4v) is 2.62. The Labute approximate surface area is 121 Å². The summed E-state index contributed by atoms with van der Waals surface area (Å²) in [5.41, 5.74) is 3.26. The molecule has 3 nitrogen and oxygen atoms in total. The summed E-state index contributed by atoms with van der Waals surface area (Å²) in [7, 11) is 0. The maximum atomic E-state index is 12.9. The number of hydrogen-bond donors (Lipinski definition) is 1. The molecule has 0 unspecified atom stereocenters. The van der Waals surface area contributed by atoms with E-state index in [1.165, 1.54) is 12.3 Å². The largest absolute Gasteiger partial charge is 0.460 e. The molecule has 5 heteroatoms. The molecule has 102 valence electrons. The van der Waals surface area contributed by atoms with Crippen LogP contribution in [0, 0.1) is 5.95 Å². The SMILES string of the molecule is CC1(C)OC(=S)Nc2ccc(-c3ccc(F)nc3)cc21. The van der Waals surface area contributed by atoms with Crippen LogP contribution in [0.25, 0.3) is 11.1 Å². The molecule has 0 spiro atoms. The van der Waals surface area contributed by atoms with Crippen LogP contribution in [0.3, 0.4) is 0 Å². The second kappa shape index (κ2) is 4.52. The first-order valence-corrected chi connectivity index (χ1v) is 6.63. The quantitative estimate of drug-likeness (QED) is 0.638. The van der Waals surface area contributed by atoms with E-state index < -0.39 is 11.5 Å². The molecule has 1 aromatic carbocycles. The summed E-state index contributed by atoms with van der Waals surface area (Å²) in [5.74, 6) is -0.484. The predicted octanol–water partition coefficient (Wildman–Crippen LogP) is 3.85. The Kier molecular flexibility index (Phi) is 2.94. The Bertz CT molecular complexity index is 683. The van der Waals surface area contributed by atoms with Crippen molar-refractivity contribution in [3.63, 3.8) is 0 Å². The van der Waals surface area contributed by atoms with Gasteiger partial charge in [-0.1, -0.05) is 6.07 Å². The van der Waals surface area contributed by atoms with E-state index >= 15 is 0 Å². The van der Waals surface area contributed by atoms with E-state index in [0.29, 0.717) is 5.17 Å². The lowest BCUT2D eigenvalue weighted by molar-refractivity contribution is 0.0947. The van der Waals surface area contributed by atoms with Crippen LogP contribution in [-0.2, 0) is 10.3 Å². The number of nitrogens with one attached hydrogen (secondary N) is 1. The third kappa shape index (κ3) is 2.25. The molecular formula is C15H13FN2OS. The van der Waals surface area contributed by atoms with E-state index in [9.17, 15) is 4.39 Å². The summed E-state index contributed by atoms with van der Waals surface area (Å²) < 4.78 is 18.5. The molecule has 2 heterocycles. The lowest BCUT2D eigenvalue weighted by atomic mass is 9.91. The Hall–Kier alpha value is -2.01. The molecule has 2 aromatic rings. The minimum absolute atomic E-state index is 0.374. The van der Waals surface area contributed by atoms with Crippen molar-refractivity contribution in [2.24, 2.45) is 0 Å². The third-order valence-electron chi connectivity index (χ3n) is 3.31. The number of ether oxygens (including phenoxy) is 1. The number of fused-ring (bicyclic) bond motifs is 1. The Morgan fingerprint density at radius 1 is 1.20 bits per heavy atom. The van der Waals surface area contributed by atoms with Crippen molar-refractivity contribution in [2.45, 2.75) is 19.4 Å². The minimum atomic E-state index is -0.499. The molecule has 1 aliphatic heterocycles. The molecule has 0 bridgehead atoms. The van der Waals surface area contributed by atoms with Crippen LogP contribution in [0.4, 0.5) is 10.1 Å². The number of hydrogen-bond acceptors (Lipinski definition) is 3. The summed E-state index contributed by atoms with van der Waals surface area (Å²) in [5, 5.41) is 3.41. The number of nitrogens with zero attached hydrogens (tertiary/aromatic N) is 1. The fraction of sp³-hybridized carbons (Fsp3) is 0.200. The number of rotatable bonds is 1. The Balaban J connectivity index is 2.09. The molecule has 0 saturated carbocycles. The van der Waals surface area contributed by atoms with Gasteiger partial charge in [0.1, 0.15) is 5.60 Å². The van der Waals surface area contributed by atoms with Gasteiger partial charge in [-0.3, -0.25) is 0 Å². The van der Waals surface area contributed by atoms with Crippen molar-refractivity contribution in [1.82, 2.24) is 4.98 Å². The topological polar surface area (TPSA) is 34.1 Å². The molecule has 1 N–H and O–H groups in total. The second-order valence-corrected chi connectivity index (χ2v) is 5.53. The van der Waals surface area contributed by atoms with Crippen molar-refractivity contribution in [3.05, 3.63) is 48.0 Å². The first-order valence-electron chi connectivity index (χ1n) is 6.22. The molecule has 3 rings (SSSR count). The predicted molar refractivity (Wildman–Crippen MR) is 80.0 cm³/mol. The molecule has 0 fully saturated rings. The summed E-state index contributed by atoms with van der Waals surface area (Å²) in [4.78, 5) is 3.68. The standard InChI is InChI=1S/C15H13FN2OS/c1-15(2)11-7-9(10-4-6-13(16)17-8-10)3-5-12(11)18-14(20)19-15/h3-8H,1-2H3,(H,18,20). The molecule has 0 atom stereocenters. The second-order valence-electron chi connectivity index (χ2n) is 5.15. The Morgan fingerprint density at radius 2 is 1.95 bits per heavy atom. The van der Waals surface area contributed by atoms with Gasteiger partial charge in [0.15, 0.2) is 0 Å². The highest BCUT2D eigenvalue weighted by Crippen LogP contribution is 2.37. The minimum Gasteiger partial charge on any atom is -0.460 e. The van der Waals surface area contributed by atoms with Gasteiger partial charge >= 0.3 is 0 Å². The van der Waals surface area contributed by atoms with Gasteiger partial charge in [-0.05, 0) is 55.9 Å². The van der Waals surface area contributed by atoms with E-state index in [0.717, 1.165) is 22.4 Å². The highest BCUT2D eigenvalue weighted by molar-refractivity contribution is 7.80. The monoisotopic (exact) mass is 288 g/mol. The van der Waals surface area contributed by atoms with Gasteiger partial charge in [-0.25, -0.2) is 4.98 Å². The highest BCUT2D eigenvalue weighted by Gasteiger charge is 2.31. The molecule has 0 aliphatic carbocycles. The van der Waals surface area contributed by atoms with Crippen molar-refractivity contribution in [1.29, 1.82) is 0 Å². The van der Waals surface area contributed by atoms with Crippen LogP contribution in [0.5, 0.6) is 0 Å². The number of anilines is 1. The van der Waals surface area contributed by atoms with Gasteiger partial charge in [0.2, 0.25) is 5.95 Å². The molecule has 20 heavy (non-hydrogen) atoms. The van der Waals surface area contributed by atoms with E-state index in [-0.39, 0.29) is 0 Å². The zero-order valence-corrected chi connectivity index (χ0v) is 11.9. The molecule has 1 aliphatic rings. The average Bonchev–Trinajstić information content (AvgIpc) is 2.38. The van der Waals surface area contributed by atoms with Crippen LogP contribution in [0.2, 0.25) is 0 Å². The fourth-order valence-electron chi connectivity index (χ4n) is 2.30. The van der Waals surface area contributed by atoms with E-state index in [1.807, 2.05) is 32.0 Å². The van der Waals surface area contributed by atoms with Gasteiger partial charge in [-0.15, -0.1) is 0 Å². The van der Waals surface area contributed by atoms with Gasteiger partial charge in [-0.2, -0.15) is 4.39 Å². The maximum absolute atomic E-state index is 12.9. The zero-order valence-electron chi connectivity index (χ0n) is 11.1. The lowest BCUT2D eigenvalue weighted by Gasteiger charge is -2.34. The van der Waals surface area contributed by atoms with Crippen molar-refractivity contribution >= 4 is 23.1 Å². The zero-order chi connectivity index (χ0) is 14.3. The van der Waals surface area contributed by atoms with Crippen molar-refractivity contribution in [2.75, 3.05) is 5.32 Å². The number of thiocarbonyl (C=S) groups is 1. The van der Waals surface area contributed by atoms with Crippen LogP contribution in [0.1, 0.15) is 19.4 Å². The summed E-state index contributed by atoms with van der Waals surface area (Å²) in [6.45, 7) is 3.93. The highest BCUT2D eigenvalue weighted by atomic mass is 32.1. The van der Waals surface area contributed by atoms with Gasteiger partial charge in [0.05, 0.1) is 0 Å². The average molecular weight is 288 g/mol. The maximum Gasteiger partial charge on any atom is 0.262 e. The first kappa shape index (κ1) is 13.0. The molecule has 0 amide bonds. The first-order chi connectivity index (χ1) is 9.45. The molecule has 0 saturated heterocycles. The van der Waals surface area contributed by atoms with Crippen molar-refractivity contribution in [3.8, 4) is 11.1 Å². The summed E-state index contributed by atoms with van der Waals surface area (Å²) in [6.07, 6.45) is 1.52. The smallest absolute Gasteiger partial charge is 0.262 e. The van der Waals surface area contributed by atoms with Crippen LogP contribution >= 0.6 is 12.2 Å². The van der Waals surface area contributed by atoms with Gasteiger partial charge < -0.3 is 10.1 Å². The lowest BCUT2D eigenvalue weighted by Crippen LogP contribution is -2.34. The van der Waals surface area contributed by atoms with Gasteiger partial charge in [0, 0.05) is 23.0 Å². The normalized spacial score (nSPS) is 16.1. The Morgan fingerprint density at radius 3 is 2.65 bits per heavy atom. The van der Waals surface area contributed by atoms with Crippen LogP contribution < -0.4 is 5.32 Å². The van der Waals surface area contributed by atoms with Gasteiger partial charge in [0.25, 0.3) is 5.17 Å². The van der Waals surface area contributed by atoms with Crippen molar-refractivity contribution < 1.29 is 9.13 Å². The van der Waals surface area contributed by atoms with E-state index in [1.54, 1.807) is 6.07 Å². The number of aromatic nitrogens is 1. The number of benzene rings is 1. The molecular weight excluding hydrogens is 275 g/mol. The van der Waals surface area contributed by atoms with Crippen LogP contribution in [0.15, 0.2) is 36.5 Å².